The van der Waals surface area contributed by atoms with Crippen LogP contribution in [0.1, 0.15) is 15.9 Å². The van der Waals surface area contributed by atoms with Crippen molar-refractivity contribution in [2.24, 2.45) is 5.73 Å². The number of carbonyl (C=O) groups excluding carboxylic acids is 1. The number of nitrogens with one attached hydrogen (secondary N) is 1. The molecule has 0 saturated carbocycles. The number of hydrogen-bond acceptors (Lipinski definition) is 2. The Kier molecular flexibility index (Phi) is 4.50. The number of thiocarbonyl (C=S) groups is 1. The highest BCUT2D eigenvalue weighted by atomic mass is 35.5. The highest BCUT2D eigenvalue weighted by Crippen LogP contribution is 2.19. The molecule has 0 bridgehead atoms. The van der Waals surface area contributed by atoms with E-state index in [-0.39, 0.29) is 21.3 Å². The minimum absolute atomic E-state index is 0.0413. The minimum atomic E-state index is -0.679. The molecule has 0 fully saturated rings. The van der Waals surface area contributed by atoms with Gasteiger partial charge < -0.3 is 11.1 Å². The summed E-state index contributed by atoms with van der Waals surface area (Å²) in [6, 6.07) is 7.41. The fourth-order valence-electron chi connectivity index (χ4n) is 1.60. The van der Waals surface area contributed by atoms with Gasteiger partial charge in [0, 0.05) is 11.1 Å². The van der Waals surface area contributed by atoms with E-state index >= 15 is 0 Å². The molecule has 2 aromatic carbocycles. The second kappa shape index (κ2) is 6.15. The lowest BCUT2D eigenvalue weighted by molar-refractivity contribution is 0.102. The van der Waals surface area contributed by atoms with Gasteiger partial charge in [0.15, 0.2) is 0 Å². The van der Waals surface area contributed by atoms with E-state index in [0.29, 0.717) is 5.56 Å². The van der Waals surface area contributed by atoms with Crippen LogP contribution in [0.4, 0.5) is 14.5 Å². The lowest BCUT2D eigenvalue weighted by Crippen LogP contribution is -2.14. The molecule has 0 atom stereocenters. The zero-order valence-corrected chi connectivity index (χ0v) is 12.1. The molecule has 0 radical (unpaired) electrons. The third kappa shape index (κ3) is 3.53. The average Bonchev–Trinajstić information content (AvgIpc) is 2.43. The Bertz CT molecular complexity index is 737. The Morgan fingerprint density at radius 2 is 1.76 bits per heavy atom. The minimum Gasteiger partial charge on any atom is -0.389 e. The Morgan fingerprint density at radius 1 is 1.10 bits per heavy atom. The Balaban J connectivity index is 2.23. The van der Waals surface area contributed by atoms with Gasteiger partial charge in [0.2, 0.25) is 0 Å². The van der Waals surface area contributed by atoms with Gasteiger partial charge in [-0.25, -0.2) is 8.78 Å². The molecule has 0 heterocycles. The molecule has 108 valence electrons. The normalized spacial score (nSPS) is 10.2. The van der Waals surface area contributed by atoms with Gasteiger partial charge in [0.25, 0.3) is 5.91 Å². The van der Waals surface area contributed by atoms with Crippen LogP contribution in [0, 0.1) is 11.6 Å². The van der Waals surface area contributed by atoms with Gasteiger partial charge in [-0.15, -0.1) is 0 Å². The number of anilines is 1. The highest BCUT2D eigenvalue weighted by Gasteiger charge is 2.12. The van der Waals surface area contributed by atoms with Crippen molar-refractivity contribution >= 4 is 40.4 Å². The van der Waals surface area contributed by atoms with Crippen LogP contribution in [-0.2, 0) is 0 Å². The van der Waals surface area contributed by atoms with Crippen LogP contribution in [0.25, 0.3) is 0 Å². The molecule has 0 unspecified atom stereocenters. The molecule has 0 saturated heterocycles. The summed E-state index contributed by atoms with van der Waals surface area (Å²) in [6.45, 7) is 0. The molecule has 0 aliphatic carbocycles. The third-order valence-corrected chi connectivity index (χ3v) is 3.21. The maximum absolute atomic E-state index is 13.8. The zero-order valence-electron chi connectivity index (χ0n) is 10.5. The van der Waals surface area contributed by atoms with Crippen molar-refractivity contribution in [3.05, 3.63) is 64.2 Å². The lowest BCUT2D eigenvalue weighted by atomic mass is 10.1. The molecule has 1 amide bonds. The molecule has 2 rings (SSSR count). The molecule has 7 heteroatoms. The highest BCUT2D eigenvalue weighted by molar-refractivity contribution is 7.80. The van der Waals surface area contributed by atoms with Gasteiger partial charge in [-0.1, -0.05) is 23.8 Å². The summed E-state index contributed by atoms with van der Waals surface area (Å²) >= 11 is 10.3. The van der Waals surface area contributed by atoms with Gasteiger partial charge in [-0.3, -0.25) is 4.79 Å². The summed E-state index contributed by atoms with van der Waals surface area (Å²) in [5.74, 6) is -1.93. The zero-order chi connectivity index (χ0) is 15.6. The van der Waals surface area contributed by atoms with Crippen molar-refractivity contribution < 1.29 is 13.6 Å². The SMILES string of the molecule is NC(=S)c1ccc(NC(=O)c2ccc(F)c(Cl)c2)c(F)c1. The molecule has 3 N–H and O–H groups in total. The number of halogens is 3. The molecule has 2 aromatic rings. The maximum atomic E-state index is 13.8. The van der Waals surface area contributed by atoms with Crippen LogP contribution < -0.4 is 11.1 Å². The lowest BCUT2D eigenvalue weighted by Gasteiger charge is -2.08. The van der Waals surface area contributed by atoms with Gasteiger partial charge >= 0.3 is 0 Å². The number of hydrogen-bond donors (Lipinski definition) is 2. The molecule has 0 aliphatic heterocycles. The van der Waals surface area contributed by atoms with Crippen LogP contribution in [0.5, 0.6) is 0 Å². The molecule has 0 spiro atoms. The van der Waals surface area contributed by atoms with Crippen LogP contribution in [0.2, 0.25) is 5.02 Å². The second-order valence-electron chi connectivity index (χ2n) is 4.14. The van der Waals surface area contributed by atoms with E-state index in [4.69, 9.17) is 29.6 Å². The van der Waals surface area contributed by atoms with Gasteiger partial charge in [0.05, 0.1) is 10.7 Å². The summed E-state index contributed by atoms with van der Waals surface area (Å²) in [5.41, 5.74) is 5.80. The van der Waals surface area contributed by atoms with E-state index < -0.39 is 17.5 Å². The Morgan fingerprint density at radius 3 is 2.33 bits per heavy atom. The number of rotatable bonds is 3. The summed E-state index contributed by atoms with van der Waals surface area (Å²) in [4.78, 5) is 12.0. The first-order chi connectivity index (χ1) is 9.88. The van der Waals surface area contributed by atoms with E-state index in [0.717, 1.165) is 18.2 Å². The predicted molar refractivity (Wildman–Crippen MR) is 81.7 cm³/mol. The van der Waals surface area contributed by atoms with Crippen molar-refractivity contribution in [1.82, 2.24) is 0 Å². The molecule has 3 nitrogen and oxygen atoms in total. The first kappa shape index (κ1) is 15.3. The summed E-state index contributed by atoms with van der Waals surface area (Å²) in [5, 5.41) is 2.17. The van der Waals surface area contributed by atoms with Crippen LogP contribution in [0.15, 0.2) is 36.4 Å². The van der Waals surface area contributed by atoms with Gasteiger partial charge in [0.1, 0.15) is 16.6 Å². The van der Waals surface area contributed by atoms with Crippen LogP contribution in [-0.4, -0.2) is 10.9 Å². The fourth-order valence-corrected chi connectivity index (χ4v) is 1.91. The largest absolute Gasteiger partial charge is 0.389 e. The topological polar surface area (TPSA) is 55.1 Å². The monoisotopic (exact) mass is 326 g/mol. The van der Waals surface area contributed by atoms with Crippen molar-refractivity contribution in [2.75, 3.05) is 5.32 Å². The molecule has 0 aliphatic rings. The Labute approximate surface area is 129 Å². The number of carbonyl (C=O) groups is 1. The van der Waals surface area contributed by atoms with E-state index in [1.54, 1.807) is 0 Å². The van der Waals surface area contributed by atoms with Crippen LogP contribution in [0.3, 0.4) is 0 Å². The van der Waals surface area contributed by atoms with Crippen molar-refractivity contribution in [2.45, 2.75) is 0 Å². The van der Waals surface area contributed by atoms with Crippen molar-refractivity contribution in [3.8, 4) is 0 Å². The summed E-state index contributed by atoms with van der Waals surface area (Å²) < 4.78 is 26.8. The van der Waals surface area contributed by atoms with E-state index in [9.17, 15) is 13.6 Å². The maximum Gasteiger partial charge on any atom is 0.255 e. The van der Waals surface area contributed by atoms with Gasteiger partial charge in [-0.2, -0.15) is 0 Å². The quantitative estimate of drug-likeness (QED) is 0.849. The standard InChI is InChI=1S/C14H9ClF2N2OS/c15-9-5-8(1-3-10(9)16)14(20)19-12-4-2-7(13(18)21)6-11(12)17/h1-6H,(H2,18,21)(H,19,20). The molecule has 21 heavy (non-hydrogen) atoms. The number of nitrogens with two attached hydrogens (primary N) is 1. The van der Waals surface area contributed by atoms with Crippen molar-refractivity contribution in [3.63, 3.8) is 0 Å². The smallest absolute Gasteiger partial charge is 0.255 e. The fraction of sp³-hybridized carbons (Fsp3) is 0. The van der Waals surface area contributed by atoms with E-state index in [2.05, 4.69) is 5.32 Å². The number of amides is 1. The van der Waals surface area contributed by atoms with Crippen LogP contribution >= 0.6 is 23.8 Å². The molecular formula is C14H9ClF2N2OS. The molecule has 0 aromatic heterocycles. The van der Waals surface area contributed by atoms with E-state index in [1.807, 2.05) is 0 Å². The van der Waals surface area contributed by atoms with Crippen molar-refractivity contribution in [1.29, 1.82) is 0 Å². The second-order valence-corrected chi connectivity index (χ2v) is 4.99. The first-order valence-electron chi connectivity index (χ1n) is 5.74. The Hall–Kier alpha value is -2.05. The predicted octanol–water partition coefficient (Wildman–Crippen LogP) is 3.50. The first-order valence-corrected chi connectivity index (χ1v) is 6.53. The average molecular weight is 327 g/mol. The van der Waals surface area contributed by atoms with E-state index in [1.165, 1.54) is 18.2 Å². The van der Waals surface area contributed by atoms with Gasteiger partial charge in [-0.05, 0) is 36.4 Å². The summed E-state index contributed by atoms with van der Waals surface area (Å²) in [6.07, 6.45) is 0. The third-order valence-electron chi connectivity index (χ3n) is 2.68. The summed E-state index contributed by atoms with van der Waals surface area (Å²) in [7, 11) is 0. The number of benzene rings is 2. The molecular weight excluding hydrogens is 318 g/mol.